The number of aryl methyl sites for hydroxylation is 1. The molecule has 21 heavy (non-hydrogen) atoms. The first-order chi connectivity index (χ1) is 10.1. The van der Waals surface area contributed by atoms with E-state index in [-0.39, 0.29) is 6.04 Å². The van der Waals surface area contributed by atoms with Crippen molar-refractivity contribution in [2.75, 3.05) is 26.2 Å². The van der Waals surface area contributed by atoms with Crippen molar-refractivity contribution in [3.05, 3.63) is 35.4 Å². The number of rotatable bonds is 3. The van der Waals surface area contributed by atoms with Crippen LogP contribution in [-0.2, 0) is 0 Å². The van der Waals surface area contributed by atoms with Gasteiger partial charge in [0, 0.05) is 24.7 Å². The Bertz CT molecular complexity index is 456. The first kappa shape index (κ1) is 15.0. The Morgan fingerprint density at radius 1 is 1.10 bits per heavy atom. The van der Waals surface area contributed by atoms with Gasteiger partial charge in [0.05, 0.1) is 0 Å². The van der Waals surface area contributed by atoms with Crippen LogP contribution in [0.15, 0.2) is 24.3 Å². The molecular weight excluding hydrogens is 258 g/mol. The average Bonchev–Trinajstić information content (AvgIpc) is 2.83. The zero-order chi connectivity index (χ0) is 14.8. The van der Waals surface area contributed by atoms with Gasteiger partial charge < -0.3 is 5.73 Å². The molecule has 3 heteroatoms. The topological polar surface area (TPSA) is 32.5 Å². The Labute approximate surface area is 129 Å². The van der Waals surface area contributed by atoms with Crippen LogP contribution in [0.2, 0.25) is 0 Å². The van der Waals surface area contributed by atoms with Gasteiger partial charge in [-0.3, -0.25) is 9.80 Å². The van der Waals surface area contributed by atoms with Crippen molar-refractivity contribution in [2.24, 2.45) is 5.73 Å². The van der Waals surface area contributed by atoms with E-state index in [0.717, 1.165) is 6.04 Å². The smallest absolute Gasteiger partial charge is 0.0450 e. The van der Waals surface area contributed by atoms with E-state index in [9.17, 15) is 0 Å². The second-order valence-electron chi connectivity index (χ2n) is 6.86. The fraction of sp³-hybridized carbons (Fsp3) is 0.667. The van der Waals surface area contributed by atoms with Gasteiger partial charge in [0.25, 0.3) is 0 Å². The molecule has 3 rings (SSSR count). The number of benzene rings is 1. The molecule has 1 aromatic carbocycles. The first-order valence-electron chi connectivity index (χ1n) is 8.45. The summed E-state index contributed by atoms with van der Waals surface area (Å²) < 4.78 is 0. The normalized spacial score (nSPS) is 27.1. The maximum absolute atomic E-state index is 6.55. The van der Waals surface area contributed by atoms with Gasteiger partial charge in [-0.05, 0) is 58.3 Å². The van der Waals surface area contributed by atoms with Crippen LogP contribution in [0.25, 0.3) is 0 Å². The minimum atomic E-state index is 0.110. The fourth-order valence-corrected chi connectivity index (χ4v) is 3.90. The molecule has 2 aliphatic heterocycles. The second kappa shape index (κ2) is 6.47. The molecule has 0 saturated carbocycles. The highest BCUT2D eigenvalue weighted by Gasteiger charge is 2.32. The molecule has 3 nitrogen and oxygen atoms in total. The van der Waals surface area contributed by atoms with E-state index in [4.69, 9.17) is 5.73 Å². The lowest BCUT2D eigenvalue weighted by Gasteiger charge is -2.34. The van der Waals surface area contributed by atoms with Crippen molar-refractivity contribution < 1.29 is 0 Å². The van der Waals surface area contributed by atoms with Crippen LogP contribution < -0.4 is 5.73 Å². The second-order valence-corrected chi connectivity index (χ2v) is 6.86. The molecule has 2 N–H and O–H groups in total. The third-order valence-corrected chi connectivity index (χ3v) is 5.39. The highest BCUT2D eigenvalue weighted by Crippen LogP contribution is 2.25. The summed E-state index contributed by atoms with van der Waals surface area (Å²) in [6.07, 6.45) is 4.02. The van der Waals surface area contributed by atoms with E-state index in [1.165, 1.54) is 56.6 Å². The third kappa shape index (κ3) is 3.31. The number of hydrogen-bond acceptors (Lipinski definition) is 3. The molecule has 3 atom stereocenters. The van der Waals surface area contributed by atoms with Crippen LogP contribution >= 0.6 is 0 Å². The van der Waals surface area contributed by atoms with E-state index >= 15 is 0 Å². The zero-order valence-corrected chi connectivity index (χ0v) is 13.5. The molecule has 0 radical (unpaired) electrons. The van der Waals surface area contributed by atoms with Gasteiger partial charge in [0.2, 0.25) is 0 Å². The predicted octanol–water partition coefficient (Wildman–Crippen LogP) is 2.55. The molecule has 2 fully saturated rings. The Kier molecular flexibility index (Phi) is 4.63. The van der Waals surface area contributed by atoms with E-state index in [0.29, 0.717) is 6.04 Å². The average molecular weight is 287 g/mol. The lowest BCUT2D eigenvalue weighted by molar-refractivity contribution is 0.163. The Morgan fingerprint density at radius 2 is 1.81 bits per heavy atom. The SMILES string of the molecule is Cc1ccc(C(N)C(C)N2CCCN3CCCC3C2)cc1. The number of fused-ring (bicyclic) bond motifs is 1. The summed E-state index contributed by atoms with van der Waals surface area (Å²) >= 11 is 0. The maximum atomic E-state index is 6.55. The summed E-state index contributed by atoms with van der Waals surface area (Å²) in [6, 6.07) is 10.0. The summed E-state index contributed by atoms with van der Waals surface area (Å²) in [5, 5.41) is 0. The molecule has 2 aliphatic rings. The monoisotopic (exact) mass is 287 g/mol. The van der Waals surface area contributed by atoms with E-state index in [2.05, 4.69) is 47.9 Å². The van der Waals surface area contributed by atoms with Crippen LogP contribution in [0, 0.1) is 6.92 Å². The minimum Gasteiger partial charge on any atom is -0.323 e. The summed E-state index contributed by atoms with van der Waals surface area (Å²) in [4.78, 5) is 5.31. The molecule has 0 bridgehead atoms. The summed E-state index contributed by atoms with van der Waals surface area (Å²) in [5.74, 6) is 0. The van der Waals surface area contributed by atoms with E-state index in [1.807, 2.05) is 0 Å². The quantitative estimate of drug-likeness (QED) is 0.927. The summed E-state index contributed by atoms with van der Waals surface area (Å²) in [6.45, 7) is 9.39. The summed E-state index contributed by atoms with van der Waals surface area (Å²) in [7, 11) is 0. The number of nitrogens with zero attached hydrogens (tertiary/aromatic N) is 2. The molecule has 2 saturated heterocycles. The van der Waals surface area contributed by atoms with Crippen molar-refractivity contribution in [1.82, 2.24) is 9.80 Å². The van der Waals surface area contributed by atoms with Crippen molar-refractivity contribution in [1.29, 1.82) is 0 Å². The molecule has 116 valence electrons. The standard InChI is InChI=1S/C18H29N3/c1-14-6-8-16(9-7-14)18(19)15(2)21-12-4-11-20-10-3-5-17(20)13-21/h6-9,15,17-18H,3-5,10-13,19H2,1-2H3. The lowest BCUT2D eigenvalue weighted by Crippen LogP contribution is -2.45. The van der Waals surface area contributed by atoms with Crippen LogP contribution in [-0.4, -0.2) is 48.1 Å². The van der Waals surface area contributed by atoms with Gasteiger partial charge in [0.15, 0.2) is 0 Å². The van der Waals surface area contributed by atoms with Crippen LogP contribution in [0.1, 0.15) is 43.4 Å². The number of nitrogens with two attached hydrogens (primary N) is 1. The fourth-order valence-electron chi connectivity index (χ4n) is 3.90. The van der Waals surface area contributed by atoms with E-state index < -0.39 is 0 Å². The molecule has 0 aliphatic carbocycles. The number of hydrogen-bond donors (Lipinski definition) is 1. The van der Waals surface area contributed by atoms with Gasteiger partial charge in [-0.15, -0.1) is 0 Å². The predicted molar refractivity (Wildman–Crippen MR) is 88.4 cm³/mol. The van der Waals surface area contributed by atoms with Gasteiger partial charge in [-0.2, -0.15) is 0 Å². The van der Waals surface area contributed by atoms with Crippen molar-refractivity contribution >= 4 is 0 Å². The van der Waals surface area contributed by atoms with Gasteiger partial charge in [-0.25, -0.2) is 0 Å². The van der Waals surface area contributed by atoms with Crippen molar-refractivity contribution in [2.45, 2.75) is 51.2 Å². The largest absolute Gasteiger partial charge is 0.323 e. The molecular formula is C18H29N3. The Balaban J connectivity index is 1.68. The summed E-state index contributed by atoms with van der Waals surface area (Å²) in [5.41, 5.74) is 9.12. The van der Waals surface area contributed by atoms with Crippen LogP contribution in [0.3, 0.4) is 0 Å². The van der Waals surface area contributed by atoms with Crippen molar-refractivity contribution in [3.63, 3.8) is 0 Å². The molecule has 0 amide bonds. The van der Waals surface area contributed by atoms with Gasteiger partial charge in [-0.1, -0.05) is 29.8 Å². The van der Waals surface area contributed by atoms with Crippen LogP contribution in [0.4, 0.5) is 0 Å². The first-order valence-corrected chi connectivity index (χ1v) is 8.45. The van der Waals surface area contributed by atoms with Gasteiger partial charge >= 0.3 is 0 Å². The third-order valence-electron chi connectivity index (χ3n) is 5.39. The molecule has 0 aromatic heterocycles. The zero-order valence-electron chi connectivity index (χ0n) is 13.5. The molecule has 2 heterocycles. The Hall–Kier alpha value is -0.900. The highest BCUT2D eigenvalue weighted by atomic mass is 15.3. The highest BCUT2D eigenvalue weighted by molar-refractivity contribution is 5.24. The van der Waals surface area contributed by atoms with Gasteiger partial charge in [0.1, 0.15) is 0 Å². The minimum absolute atomic E-state index is 0.110. The van der Waals surface area contributed by atoms with Crippen molar-refractivity contribution in [3.8, 4) is 0 Å². The Morgan fingerprint density at radius 3 is 2.57 bits per heavy atom. The van der Waals surface area contributed by atoms with Crippen LogP contribution in [0.5, 0.6) is 0 Å². The molecule has 3 unspecified atom stereocenters. The molecule has 0 spiro atoms. The lowest BCUT2D eigenvalue weighted by atomic mass is 9.98. The van der Waals surface area contributed by atoms with E-state index in [1.54, 1.807) is 0 Å². The maximum Gasteiger partial charge on any atom is 0.0450 e. The molecule has 1 aromatic rings.